The van der Waals surface area contributed by atoms with Crippen molar-refractivity contribution in [2.75, 3.05) is 16.5 Å². The SMILES string of the molecule is CCOC(=O)C1=NN(c2ccc(Br)cc2)C2C(=O)N(c3ccc(Br)cc3)C(=O)C12. The van der Waals surface area contributed by atoms with E-state index in [0.717, 1.165) is 13.8 Å². The summed E-state index contributed by atoms with van der Waals surface area (Å²) in [7, 11) is 0. The van der Waals surface area contributed by atoms with Gasteiger partial charge in [-0.2, -0.15) is 5.10 Å². The Morgan fingerprint density at radius 1 is 0.966 bits per heavy atom. The topological polar surface area (TPSA) is 79.3 Å². The van der Waals surface area contributed by atoms with Crippen molar-refractivity contribution in [2.45, 2.75) is 13.0 Å². The number of imide groups is 1. The van der Waals surface area contributed by atoms with Crippen molar-refractivity contribution in [2.24, 2.45) is 11.0 Å². The summed E-state index contributed by atoms with van der Waals surface area (Å²) in [5.74, 6) is -2.64. The molecule has 0 radical (unpaired) electrons. The van der Waals surface area contributed by atoms with Crippen LogP contribution in [-0.4, -0.2) is 36.1 Å². The number of hydrogen-bond donors (Lipinski definition) is 0. The van der Waals surface area contributed by atoms with E-state index in [4.69, 9.17) is 4.74 Å². The van der Waals surface area contributed by atoms with Gasteiger partial charge in [0, 0.05) is 8.95 Å². The number of fused-ring (bicyclic) bond motifs is 1. The van der Waals surface area contributed by atoms with Crippen LogP contribution in [0, 0.1) is 5.92 Å². The second kappa shape index (κ2) is 7.72. The maximum atomic E-state index is 13.3. The molecule has 2 atom stereocenters. The maximum Gasteiger partial charge on any atom is 0.355 e. The molecule has 0 saturated carbocycles. The average molecular weight is 521 g/mol. The summed E-state index contributed by atoms with van der Waals surface area (Å²) in [6.07, 6.45) is 0. The van der Waals surface area contributed by atoms with E-state index in [9.17, 15) is 14.4 Å². The van der Waals surface area contributed by atoms with Crippen LogP contribution >= 0.6 is 31.9 Å². The van der Waals surface area contributed by atoms with Gasteiger partial charge in [0.1, 0.15) is 12.0 Å². The lowest BCUT2D eigenvalue weighted by atomic mass is 9.98. The largest absolute Gasteiger partial charge is 0.461 e. The van der Waals surface area contributed by atoms with Gasteiger partial charge in [0.25, 0.3) is 5.91 Å². The first-order chi connectivity index (χ1) is 13.9. The number of ether oxygens (including phenoxy) is 1. The first-order valence-corrected chi connectivity index (χ1v) is 10.4. The number of rotatable bonds is 4. The molecule has 148 valence electrons. The molecule has 0 spiro atoms. The fourth-order valence-electron chi connectivity index (χ4n) is 3.44. The molecule has 29 heavy (non-hydrogen) atoms. The second-order valence-electron chi connectivity index (χ2n) is 6.44. The minimum atomic E-state index is -1.02. The van der Waals surface area contributed by atoms with E-state index in [-0.39, 0.29) is 12.3 Å². The Morgan fingerprint density at radius 3 is 2.07 bits per heavy atom. The summed E-state index contributed by atoms with van der Waals surface area (Å²) in [5, 5.41) is 5.75. The normalized spacial score (nSPS) is 20.7. The predicted octanol–water partition coefficient (Wildman–Crippen LogP) is 3.51. The van der Waals surface area contributed by atoms with E-state index in [1.807, 2.05) is 0 Å². The average Bonchev–Trinajstić information content (AvgIpc) is 3.21. The maximum absolute atomic E-state index is 13.3. The summed E-state index contributed by atoms with van der Waals surface area (Å²) in [4.78, 5) is 40.1. The molecule has 2 aliphatic heterocycles. The molecule has 9 heteroatoms. The van der Waals surface area contributed by atoms with Crippen LogP contribution < -0.4 is 9.91 Å². The van der Waals surface area contributed by atoms with Crippen molar-refractivity contribution in [3.05, 3.63) is 57.5 Å². The smallest absolute Gasteiger partial charge is 0.355 e. The molecular formula is C20H15Br2N3O4. The van der Waals surface area contributed by atoms with Gasteiger partial charge in [0.2, 0.25) is 5.91 Å². The Bertz CT molecular complexity index is 1020. The van der Waals surface area contributed by atoms with E-state index in [0.29, 0.717) is 11.4 Å². The minimum absolute atomic E-state index is 0.0577. The highest BCUT2D eigenvalue weighted by atomic mass is 79.9. The standard InChI is InChI=1S/C20H15Br2N3O4/c1-2-29-20(28)16-15-17(25(23-16)14-9-5-12(22)6-10-14)19(27)24(18(15)26)13-7-3-11(21)4-8-13/h3-10,15,17H,2H2,1H3. The summed E-state index contributed by atoms with van der Waals surface area (Å²) in [5.41, 5.74) is 0.982. The molecule has 2 aliphatic rings. The van der Waals surface area contributed by atoms with Gasteiger partial charge in [-0.15, -0.1) is 0 Å². The zero-order valence-corrected chi connectivity index (χ0v) is 18.4. The summed E-state index contributed by atoms with van der Waals surface area (Å²) >= 11 is 6.72. The lowest BCUT2D eigenvalue weighted by molar-refractivity contribution is -0.136. The van der Waals surface area contributed by atoms with Crippen molar-refractivity contribution in [3.8, 4) is 0 Å². The van der Waals surface area contributed by atoms with Crippen molar-refractivity contribution in [1.29, 1.82) is 0 Å². The third-order valence-corrected chi connectivity index (χ3v) is 5.77. The van der Waals surface area contributed by atoms with E-state index >= 15 is 0 Å². The summed E-state index contributed by atoms with van der Waals surface area (Å²) < 4.78 is 6.77. The first kappa shape index (κ1) is 19.8. The molecule has 0 N–H and O–H groups in total. The van der Waals surface area contributed by atoms with Gasteiger partial charge in [-0.3, -0.25) is 14.6 Å². The number of nitrogens with zero attached hydrogens (tertiary/aromatic N) is 3. The lowest BCUT2D eigenvalue weighted by Gasteiger charge is -2.22. The number of benzene rings is 2. The highest BCUT2D eigenvalue weighted by Crippen LogP contribution is 2.38. The number of halogens is 2. The van der Waals surface area contributed by atoms with Crippen molar-refractivity contribution in [1.82, 2.24) is 0 Å². The van der Waals surface area contributed by atoms with Crippen LogP contribution in [0.4, 0.5) is 11.4 Å². The monoisotopic (exact) mass is 519 g/mol. The molecule has 0 bridgehead atoms. The van der Waals surface area contributed by atoms with Gasteiger partial charge >= 0.3 is 5.97 Å². The predicted molar refractivity (Wildman–Crippen MR) is 115 cm³/mol. The number of amides is 2. The summed E-state index contributed by atoms with van der Waals surface area (Å²) in [6.45, 7) is 1.82. The number of carbonyl (C=O) groups excluding carboxylic acids is 3. The van der Waals surface area contributed by atoms with Crippen LogP contribution in [0.15, 0.2) is 62.6 Å². The van der Waals surface area contributed by atoms with Crippen LogP contribution in [0.25, 0.3) is 0 Å². The third kappa shape index (κ3) is 3.38. The Hall–Kier alpha value is -2.52. The van der Waals surface area contributed by atoms with Crippen LogP contribution in [0.1, 0.15) is 6.92 Å². The fourth-order valence-corrected chi connectivity index (χ4v) is 3.97. The number of anilines is 2. The van der Waals surface area contributed by atoms with E-state index in [2.05, 4.69) is 37.0 Å². The number of esters is 1. The van der Waals surface area contributed by atoms with Gasteiger partial charge in [-0.25, -0.2) is 9.69 Å². The lowest BCUT2D eigenvalue weighted by Crippen LogP contribution is -2.39. The Labute approximate surface area is 183 Å². The van der Waals surface area contributed by atoms with Crippen molar-refractivity contribution >= 4 is 66.7 Å². The summed E-state index contributed by atoms with van der Waals surface area (Å²) in [6, 6.07) is 13.0. The van der Waals surface area contributed by atoms with Gasteiger partial charge in [-0.05, 0) is 55.5 Å². The van der Waals surface area contributed by atoms with Gasteiger partial charge in [0.15, 0.2) is 5.71 Å². The molecule has 4 rings (SSSR count). The molecule has 7 nitrogen and oxygen atoms in total. The molecule has 0 aliphatic carbocycles. The number of hydrogen-bond acceptors (Lipinski definition) is 6. The van der Waals surface area contributed by atoms with Crippen molar-refractivity contribution < 1.29 is 19.1 Å². The molecule has 2 aromatic rings. The zero-order valence-electron chi connectivity index (χ0n) is 15.2. The van der Waals surface area contributed by atoms with Crippen LogP contribution in [0.5, 0.6) is 0 Å². The molecule has 1 saturated heterocycles. The number of carbonyl (C=O) groups is 3. The second-order valence-corrected chi connectivity index (χ2v) is 8.27. The first-order valence-electron chi connectivity index (χ1n) is 8.86. The number of hydrazone groups is 1. The molecule has 2 amide bonds. The Morgan fingerprint density at radius 2 is 1.52 bits per heavy atom. The third-order valence-electron chi connectivity index (χ3n) is 4.71. The highest BCUT2D eigenvalue weighted by molar-refractivity contribution is 9.10. The van der Waals surface area contributed by atoms with Crippen molar-refractivity contribution in [3.63, 3.8) is 0 Å². The zero-order chi connectivity index (χ0) is 20.7. The van der Waals surface area contributed by atoms with E-state index in [1.165, 1.54) is 5.01 Å². The van der Waals surface area contributed by atoms with E-state index in [1.54, 1.807) is 55.5 Å². The highest BCUT2D eigenvalue weighted by Gasteiger charge is 2.59. The minimum Gasteiger partial charge on any atom is -0.461 e. The fraction of sp³-hybridized carbons (Fsp3) is 0.200. The Kier molecular flexibility index (Phi) is 5.26. The molecule has 2 aromatic carbocycles. The van der Waals surface area contributed by atoms with Crippen LogP contribution in [-0.2, 0) is 19.1 Å². The molecule has 0 aromatic heterocycles. The molecular weight excluding hydrogens is 506 g/mol. The van der Waals surface area contributed by atoms with Crippen LogP contribution in [0.3, 0.4) is 0 Å². The van der Waals surface area contributed by atoms with Gasteiger partial charge in [-0.1, -0.05) is 31.9 Å². The van der Waals surface area contributed by atoms with E-state index < -0.39 is 29.7 Å². The van der Waals surface area contributed by atoms with Gasteiger partial charge in [0.05, 0.1) is 18.0 Å². The van der Waals surface area contributed by atoms with Gasteiger partial charge < -0.3 is 4.74 Å². The molecule has 2 unspecified atom stereocenters. The molecule has 2 heterocycles. The quantitative estimate of drug-likeness (QED) is 0.455. The molecule has 1 fully saturated rings. The van der Waals surface area contributed by atoms with Crippen LogP contribution in [0.2, 0.25) is 0 Å². The Balaban J connectivity index is 1.78.